The highest BCUT2D eigenvalue weighted by Gasteiger charge is 2.06. The van der Waals surface area contributed by atoms with Crippen molar-refractivity contribution in [3.8, 4) is 12.1 Å². The van der Waals surface area contributed by atoms with Gasteiger partial charge in [0.15, 0.2) is 0 Å². The maximum Gasteiger partial charge on any atom is 0.0669 e. The Balaban J connectivity index is 3.19. The van der Waals surface area contributed by atoms with E-state index in [1.165, 1.54) is 0 Å². The highest BCUT2D eigenvalue weighted by Crippen LogP contribution is 2.26. The van der Waals surface area contributed by atoms with Crippen LogP contribution in [0.15, 0.2) is 12.1 Å². The molecule has 14 heavy (non-hydrogen) atoms. The van der Waals surface area contributed by atoms with Gasteiger partial charge in [0.25, 0.3) is 0 Å². The third-order valence-corrected chi connectivity index (χ3v) is 2.50. The summed E-state index contributed by atoms with van der Waals surface area (Å²) in [6, 6.07) is 7.31. The van der Waals surface area contributed by atoms with E-state index in [1.54, 1.807) is 12.1 Å². The Kier molecular flexibility index (Phi) is 3.77. The fourth-order valence-corrected chi connectivity index (χ4v) is 1.50. The molecule has 0 radical (unpaired) electrons. The number of hydrogen-bond acceptors (Lipinski definition) is 2. The molecule has 0 saturated carbocycles. The Morgan fingerprint density at radius 3 is 1.57 bits per heavy atom. The van der Waals surface area contributed by atoms with Crippen LogP contribution in [-0.2, 0) is 12.8 Å². The summed E-state index contributed by atoms with van der Waals surface area (Å²) in [5.74, 6) is 0. The predicted molar refractivity (Wildman–Crippen MR) is 55.1 cm³/mol. The molecule has 0 spiro atoms. The van der Waals surface area contributed by atoms with Crippen molar-refractivity contribution in [2.45, 2.75) is 12.8 Å². The molecule has 0 fully saturated rings. The Bertz CT molecular complexity index is 386. The minimum absolute atomic E-state index is 0.244. The summed E-state index contributed by atoms with van der Waals surface area (Å²) in [7, 11) is 0. The van der Waals surface area contributed by atoms with Crippen LogP contribution in [0.5, 0.6) is 0 Å². The number of halogens is 2. The van der Waals surface area contributed by atoms with Crippen molar-refractivity contribution in [1.82, 2.24) is 0 Å². The molecule has 1 aromatic carbocycles. The van der Waals surface area contributed by atoms with E-state index in [1.807, 2.05) is 12.1 Å². The number of hydrogen-bond donors (Lipinski definition) is 0. The molecule has 0 aliphatic rings. The molecule has 0 N–H and O–H groups in total. The highest BCUT2D eigenvalue weighted by atomic mass is 35.5. The monoisotopic (exact) mass is 224 g/mol. The number of rotatable bonds is 2. The molecule has 70 valence electrons. The van der Waals surface area contributed by atoms with Gasteiger partial charge in [-0.1, -0.05) is 23.2 Å². The lowest BCUT2D eigenvalue weighted by Gasteiger charge is -2.05. The predicted octanol–water partition coefficient (Wildman–Crippen LogP) is 3.13. The molecule has 0 aromatic heterocycles. The second-order valence-electron chi connectivity index (χ2n) is 2.70. The van der Waals surface area contributed by atoms with E-state index in [-0.39, 0.29) is 12.8 Å². The second-order valence-corrected chi connectivity index (χ2v) is 3.52. The summed E-state index contributed by atoms with van der Waals surface area (Å²) < 4.78 is 0. The second kappa shape index (κ2) is 4.86. The summed E-state index contributed by atoms with van der Waals surface area (Å²) in [5, 5.41) is 18.0. The molecule has 1 aromatic rings. The molecule has 0 aliphatic carbocycles. The van der Waals surface area contributed by atoms with Crippen LogP contribution in [0.2, 0.25) is 10.0 Å². The summed E-state index contributed by atoms with van der Waals surface area (Å²) >= 11 is 11.6. The van der Waals surface area contributed by atoms with Gasteiger partial charge in [-0.2, -0.15) is 10.5 Å². The van der Waals surface area contributed by atoms with Crippen molar-refractivity contribution in [3.05, 3.63) is 33.3 Å². The highest BCUT2D eigenvalue weighted by molar-refractivity contribution is 6.42. The van der Waals surface area contributed by atoms with Crippen molar-refractivity contribution in [2.24, 2.45) is 0 Å². The SMILES string of the molecule is N#CCc1cc(Cl)c(Cl)cc1CC#N. The van der Waals surface area contributed by atoms with Gasteiger partial charge in [0, 0.05) is 0 Å². The minimum atomic E-state index is 0.244. The van der Waals surface area contributed by atoms with Gasteiger partial charge < -0.3 is 0 Å². The average Bonchev–Trinajstić information content (AvgIpc) is 2.14. The molecular formula is C10H6Cl2N2. The third kappa shape index (κ3) is 2.39. The van der Waals surface area contributed by atoms with E-state index in [0.717, 1.165) is 11.1 Å². The molecule has 1 rings (SSSR count). The standard InChI is InChI=1S/C10H6Cl2N2/c11-9-5-7(1-3-13)8(2-4-14)6-10(9)12/h5-6H,1-2H2. The van der Waals surface area contributed by atoms with Crippen molar-refractivity contribution >= 4 is 23.2 Å². The topological polar surface area (TPSA) is 47.6 Å². The average molecular weight is 225 g/mol. The van der Waals surface area contributed by atoms with Gasteiger partial charge in [0.05, 0.1) is 35.0 Å². The van der Waals surface area contributed by atoms with Crippen molar-refractivity contribution in [1.29, 1.82) is 10.5 Å². The van der Waals surface area contributed by atoms with E-state index in [4.69, 9.17) is 33.7 Å². The van der Waals surface area contributed by atoms with Gasteiger partial charge in [-0.25, -0.2) is 0 Å². The molecule has 0 saturated heterocycles. The first-order chi connectivity index (χ1) is 6.69. The van der Waals surface area contributed by atoms with Gasteiger partial charge in [0.1, 0.15) is 0 Å². The normalized spacial score (nSPS) is 9.14. The Labute approximate surface area is 92.3 Å². The summed E-state index contributed by atoms with van der Waals surface area (Å²) in [4.78, 5) is 0. The summed E-state index contributed by atoms with van der Waals surface area (Å²) in [6.45, 7) is 0. The maximum absolute atomic E-state index is 8.56. The van der Waals surface area contributed by atoms with Crippen LogP contribution in [0, 0.1) is 22.7 Å². The largest absolute Gasteiger partial charge is 0.198 e. The van der Waals surface area contributed by atoms with E-state index >= 15 is 0 Å². The van der Waals surface area contributed by atoms with Crippen LogP contribution in [0.3, 0.4) is 0 Å². The first-order valence-electron chi connectivity index (χ1n) is 3.89. The minimum Gasteiger partial charge on any atom is -0.198 e. The molecule has 0 atom stereocenters. The van der Waals surface area contributed by atoms with E-state index < -0.39 is 0 Å². The smallest absolute Gasteiger partial charge is 0.0669 e. The zero-order valence-electron chi connectivity index (χ0n) is 7.22. The molecule has 0 heterocycles. The molecule has 2 nitrogen and oxygen atoms in total. The molecule has 0 bridgehead atoms. The van der Waals surface area contributed by atoms with Crippen molar-refractivity contribution < 1.29 is 0 Å². The van der Waals surface area contributed by atoms with E-state index in [2.05, 4.69) is 0 Å². The lowest BCUT2D eigenvalue weighted by molar-refractivity contribution is 1.15. The van der Waals surface area contributed by atoms with E-state index in [0.29, 0.717) is 10.0 Å². The molecule has 4 heteroatoms. The van der Waals surface area contributed by atoms with Gasteiger partial charge in [-0.05, 0) is 23.3 Å². The lowest BCUT2D eigenvalue weighted by Crippen LogP contribution is -1.92. The van der Waals surface area contributed by atoms with Crippen LogP contribution < -0.4 is 0 Å². The van der Waals surface area contributed by atoms with Crippen LogP contribution in [0.1, 0.15) is 11.1 Å². The van der Waals surface area contributed by atoms with Crippen LogP contribution in [0.25, 0.3) is 0 Å². The quantitative estimate of drug-likeness (QED) is 0.776. The van der Waals surface area contributed by atoms with Crippen LogP contribution in [0.4, 0.5) is 0 Å². The number of nitriles is 2. The number of benzene rings is 1. The maximum atomic E-state index is 8.56. The van der Waals surface area contributed by atoms with Gasteiger partial charge in [-0.15, -0.1) is 0 Å². The fourth-order valence-electron chi connectivity index (χ4n) is 1.13. The number of nitrogens with zero attached hydrogens (tertiary/aromatic N) is 2. The van der Waals surface area contributed by atoms with Crippen LogP contribution >= 0.6 is 23.2 Å². The van der Waals surface area contributed by atoms with Gasteiger partial charge in [0.2, 0.25) is 0 Å². The summed E-state index contributed by atoms with van der Waals surface area (Å²) in [5.41, 5.74) is 1.53. The first kappa shape index (κ1) is 10.9. The Hall–Kier alpha value is -1.22. The van der Waals surface area contributed by atoms with Gasteiger partial charge >= 0.3 is 0 Å². The zero-order valence-corrected chi connectivity index (χ0v) is 8.73. The third-order valence-electron chi connectivity index (χ3n) is 1.78. The van der Waals surface area contributed by atoms with Gasteiger partial charge in [-0.3, -0.25) is 0 Å². The first-order valence-corrected chi connectivity index (χ1v) is 4.65. The Morgan fingerprint density at radius 1 is 0.929 bits per heavy atom. The van der Waals surface area contributed by atoms with Crippen LogP contribution in [-0.4, -0.2) is 0 Å². The Morgan fingerprint density at radius 2 is 1.29 bits per heavy atom. The van der Waals surface area contributed by atoms with Crippen molar-refractivity contribution in [3.63, 3.8) is 0 Å². The van der Waals surface area contributed by atoms with Crippen molar-refractivity contribution in [2.75, 3.05) is 0 Å². The van der Waals surface area contributed by atoms with E-state index in [9.17, 15) is 0 Å². The molecule has 0 amide bonds. The molecular weight excluding hydrogens is 219 g/mol. The fraction of sp³-hybridized carbons (Fsp3) is 0.200. The summed E-state index contributed by atoms with van der Waals surface area (Å²) in [6.07, 6.45) is 0.488. The zero-order chi connectivity index (χ0) is 10.6. The molecule has 0 aliphatic heterocycles. The molecule has 0 unspecified atom stereocenters. The lowest BCUT2D eigenvalue weighted by atomic mass is 10.0.